The maximum absolute atomic E-state index is 12.8. The molecule has 1 aromatic rings. The second-order valence-electron chi connectivity index (χ2n) is 6.78. The van der Waals surface area contributed by atoms with Crippen molar-refractivity contribution in [2.45, 2.75) is 78.1 Å². The number of methoxy groups -OCH3 is 1. The maximum atomic E-state index is 12.8. The molecule has 5 heteroatoms. The fourth-order valence-corrected chi connectivity index (χ4v) is 5.27. The summed E-state index contributed by atoms with van der Waals surface area (Å²) in [6.07, 6.45) is 10.1. The molecule has 0 N–H and O–H groups in total. The van der Waals surface area contributed by atoms with Crippen LogP contribution in [0, 0.1) is 0 Å². The smallest absolute Gasteiger partial charge is 0.345 e. The first-order chi connectivity index (χ1) is 16.4. The molecule has 0 amide bonds. The Morgan fingerprint density at radius 2 is 1.90 bits per heavy atom. The summed E-state index contributed by atoms with van der Waals surface area (Å²) in [4.78, 5) is 12.8. The molecule has 0 saturated carbocycles. The van der Waals surface area contributed by atoms with Crippen LogP contribution >= 0.6 is 0 Å². The van der Waals surface area contributed by atoms with Gasteiger partial charge < -0.3 is 13.6 Å². The van der Waals surface area contributed by atoms with E-state index in [0.717, 1.165) is 37.4 Å². The molecule has 0 radical (unpaired) electrons. The van der Waals surface area contributed by atoms with E-state index in [1.165, 1.54) is 6.07 Å². The SMILES string of the molecule is [2H]/C(C)=C([2H])\C=C\CCCC/C=C/c1cc(OC([2H])([2H])[2H])c(C([2H])O[Si](CC)(CC)CC)c(=O)o1. The van der Waals surface area contributed by atoms with Gasteiger partial charge in [0.2, 0.25) is 0 Å². The zero-order chi connectivity index (χ0) is 26.6. The van der Waals surface area contributed by atoms with Gasteiger partial charge in [-0.1, -0.05) is 51.1 Å². The van der Waals surface area contributed by atoms with E-state index in [2.05, 4.69) is 0 Å². The Labute approximate surface area is 185 Å². The third-order valence-electron chi connectivity index (χ3n) is 5.06. The number of hydrogen-bond donors (Lipinski definition) is 0. The van der Waals surface area contributed by atoms with Gasteiger partial charge in [-0.2, -0.15) is 0 Å². The van der Waals surface area contributed by atoms with E-state index in [1.807, 2.05) is 32.9 Å². The minimum absolute atomic E-state index is 0.144. The Kier molecular flexibility index (Phi) is 8.26. The van der Waals surface area contributed by atoms with Crippen LogP contribution in [0.2, 0.25) is 18.1 Å². The molecular formula is C24H38O4Si. The van der Waals surface area contributed by atoms with Crippen molar-refractivity contribution in [3.05, 3.63) is 58.1 Å². The summed E-state index contributed by atoms with van der Waals surface area (Å²) in [5.74, 6) is -0.0776. The quantitative estimate of drug-likeness (QED) is 0.186. The third kappa shape index (κ3) is 8.58. The lowest BCUT2D eigenvalue weighted by Gasteiger charge is -2.28. The van der Waals surface area contributed by atoms with Crippen LogP contribution in [-0.4, -0.2) is 15.4 Å². The van der Waals surface area contributed by atoms with Crippen LogP contribution in [0.1, 0.15) is 72.9 Å². The Hall–Kier alpha value is -1.85. The molecule has 1 heterocycles. The molecule has 0 bridgehead atoms. The first-order valence-corrected chi connectivity index (χ1v) is 12.8. The van der Waals surface area contributed by atoms with E-state index in [0.29, 0.717) is 6.42 Å². The predicted octanol–water partition coefficient (Wildman–Crippen LogP) is 6.88. The molecule has 4 nitrogen and oxygen atoms in total. The molecule has 1 rings (SSSR count). The molecule has 1 unspecified atom stereocenters. The van der Waals surface area contributed by atoms with E-state index in [9.17, 15) is 4.79 Å². The summed E-state index contributed by atoms with van der Waals surface area (Å²) in [5.41, 5.74) is -1.07. The van der Waals surface area contributed by atoms with Crippen LogP contribution in [0.3, 0.4) is 0 Å². The molecule has 0 saturated heterocycles. The number of allylic oxidation sites excluding steroid dienone is 5. The molecule has 0 spiro atoms. The Morgan fingerprint density at radius 1 is 1.21 bits per heavy atom. The molecule has 0 fully saturated rings. The van der Waals surface area contributed by atoms with E-state index >= 15 is 0 Å². The molecule has 0 aliphatic rings. The summed E-state index contributed by atoms with van der Waals surface area (Å²) in [5, 5.41) is 0. The maximum Gasteiger partial charge on any atom is 0.345 e. The molecule has 1 aromatic heterocycles. The van der Waals surface area contributed by atoms with Crippen molar-refractivity contribution in [3.63, 3.8) is 0 Å². The van der Waals surface area contributed by atoms with Crippen LogP contribution in [0.4, 0.5) is 0 Å². The highest BCUT2D eigenvalue weighted by Crippen LogP contribution is 2.25. The van der Waals surface area contributed by atoms with Gasteiger partial charge in [-0.15, -0.1) is 0 Å². The van der Waals surface area contributed by atoms with Crippen molar-refractivity contribution in [1.29, 1.82) is 0 Å². The van der Waals surface area contributed by atoms with Crippen LogP contribution in [0.5, 0.6) is 5.75 Å². The van der Waals surface area contributed by atoms with E-state index in [4.69, 9.17) is 21.8 Å². The minimum atomic E-state index is -2.79. The molecule has 1 atom stereocenters. The number of hydrogen-bond acceptors (Lipinski definition) is 4. The Bertz CT molecular complexity index is 936. The van der Waals surface area contributed by atoms with Crippen molar-refractivity contribution in [1.82, 2.24) is 0 Å². The van der Waals surface area contributed by atoms with Crippen LogP contribution in [0.15, 0.2) is 45.6 Å². The zero-order valence-corrected chi connectivity index (χ0v) is 19.0. The van der Waals surface area contributed by atoms with Gasteiger partial charge in [0.05, 0.1) is 21.8 Å². The topological polar surface area (TPSA) is 48.7 Å². The fourth-order valence-electron chi connectivity index (χ4n) is 2.91. The normalized spacial score (nSPS) is 17.8. The molecular weight excluding hydrogens is 380 g/mol. The van der Waals surface area contributed by atoms with Gasteiger partial charge in [-0.05, 0) is 56.8 Å². The highest BCUT2D eigenvalue weighted by atomic mass is 28.4. The second-order valence-corrected chi connectivity index (χ2v) is 11.5. The first-order valence-electron chi connectivity index (χ1n) is 13.4. The molecule has 0 aliphatic heterocycles. The Balaban J connectivity index is 2.98. The molecule has 29 heavy (non-hydrogen) atoms. The lowest BCUT2D eigenvalue weighted by atomic mass is 10.1. The van der Waals surface area contributed by atoms with Gasteiger partial charge in [0, 0.05) is 6.07 Å². The summed E-state index contributed by atoms with van der Waals surface area (Å²) in [7, 11) is -5.03. The molecule has 0 aliphatic carbocycles. The average Bonchev–Trinajstić information content (AvgIpc) is 2.77. The third-order valence-corrected chi connectivity index (χ3v) is 9.54. The van der Waals surface area contributed by atoms with Crippen molar-refractivity contribution in [2.24, 2.45) is 0 Å². The predicted molar refractivity (Wildman–Crippen MR) is 125 cm³/mol. The average molecular weight is 425 g/mol. The van der Waals surface area contributed by atoms with Gasteiger partial charge in [0.15, 0.2) is 8.32 Å². The summed E-state index contributed by atoms with van der Waals surface area (Å²) < 4.78 is 62.3. The van der Waals surface area contributed by atoms with Crippen LogP contribution in [0.25, 0.3) is 6.08 Å². The van der Waals surface area contributed by atoms with Crippen molar-refractivity contribution in [2.75, 3.05) is 7.04 Å². The van der Waals surface area contributed by atoms with Crippen molar-refractivity contribution in [3.8, 4) is 5.75 Å². The fraction of sp³-hybridized carbons (Fsp3) is 0.542. The van der Waals surface area contributed by atoms with Gasteiger partial charge >= 0.3 is 5.63 Å². The second kappa shape index (κ2) is 14.2. The number of rotatable bonds is 14. The minimum Gasteiger partial charge on any atom is -0.496 e. The summed E-state index contributed by atoms with van der Waals surface area (Å²) in [6.45, 7) is 6.19. The van der Waals surface area contributed by atoms with Gasteiger partial charge in [-0.25, -0.2) is 4.79 Å². The van der Waals surface area contributed by atoms with E-state index < -0.39 is 27.6 Å². The van der Waals surface area contributed by atoms with Crippen LogP contribution < -0.4 is 10.4 Å². The molecule has 0 aromatic carbocycles. The highest BCUT2D eigenvalue weighted by molar-refractivity contribution is 6.73. The lowest BCUT2D eigenvalue weighted by molar-refractivity contribution is 0.270. The molecule has 162 valence electrons. The summed E-state index contributed by atoms with van der Waals surface area (Å²) in [6, 6.07) is 4.08. The van der Waals surface area contributed by atoms with Gasteiger partial charge in [-0.3, -0.25) is 0 Å². The summed E-state index contributed by atoms with van der Waals surface area (Å²) >= 11 is 0. The Morgan fingerprint density at radius 3 is 2.52 bits per heavy atom. The lowest BCUT2D eigenvalue weighted by Crippen LogP contribution is -2.36. The highest BCUT2D eigenvalue weighted by Gasteiger charge is 2.29. The van der Waals surface area contributed by atoms with Gasteiger partial charge in [0.1, 0.15) is 17.1 Å². The largest absolute Gasteiger partial charge is 0.496 e. The van der Waals surface area contributed by atoms with E-state index in [-0.39, 0.29) is 29.2 Å². The first kappa shape index (κ1) is 16.9. The number of unbranched alkanes of at least 4 members (excludes halogenated alkanes) is 3. The monoisotopic (exact) mass is 424 g/mol. The number of ether oxygens (including phenoxy) is 1. The van der Waals surface area contributed by atoms with Crippen LogP contribution in [-0.2, 0) is 11.0 Å². The van der Waals surface area contributed by atoms with Crippen molar-refractivity contribution < 1.29 is 21.8 Å². The zero-order valence-electron chi connectivity index (χ0n) is 24.0. The standard InChI is InChI=1S/C24H38O4Si/c1-6-10-11-12-13-14-15-16-17-18-21-19-23(26-5)22(24(25)28-21)20-27-29(7-2,8-3)9-4/h6,10-12,17-19H,7-9,13-16,20H2,1-5H3/b10-6+,12-11+,18-17+/i5D3,6D,10D,20D. The van der Waals surface area contributed by atoms with Gasteiger partial charge in [0.25, 0.3) is 0 Å². The van der Waals surface area contributed by atoms with E-state index in [1.54, 1.807) is 19.1 Å². The van der Waals surface area contributed by atoms with Crippen molar-refractivity contribution >= 4 is 14.4 Å².